The number of methoxy groups -OCH3 is 1. The summed E-state index contributed by atoms with van der Waals surface area (Å²) in [5.74, 6) is -0.601. The standard InChI is InChI=1S/C11H10FN3O2S/c1-17-6-9(16)13-11-15-14-10(18-11)7-2-4-8(12)5-3-7/h2-5H,6H2,1H3,(H,13,15,16). The number of hydrogen-bond acceptors (Lipinski definition) is 5. The summed E-state index contributed by atoms with van der Waals surface area (Å²) in [4.78, 5) is 11.3. The zero-order valence-corrected chi connectivity index (χ0v) is 10.3. The molecule has 2 aromatic rings. The lowest BCUT2D eigenvalue weighted by molar-refractivity contribution is -0.119. The van der Waals surface area contributed by atoms with Crippen molar-refractivity contribution in [3.05, 3.63) is 30.1 Å². The summed E-state index contributed by atoms with van der Waals surface area (Å²) in [6.07, 6.45) is 0. The molecule has 0 spiro atoms. The Kier molecular flexibility index (Phi) is 3.96. The summed E-state index contributed by atoms with van der Waals surface area (Å²) in [5.41, 5.74) is 0.751. The van der Waals surface area contributed by atoms with Crippen molar-refractivity contribution in [3.8, 4) is 10.6 Å². The van der Waals surface area contributed by atoms with Crippen molar-refractivity contribution in [3.63, 3.8) is 0 Å². The van der Waals surface area contributed by atoms with Gasteiger partial charge in [-0.3, -0.25) is 10.1 Å². The van der Waals surface area contributed by atoms with Crippen LogP contribution in [0.2, 0.25) is 0 Å². The van der Waals surface area contributed by atoms with Crippen molar-refractivity contribution in [1.82, 2.24) is 10.2 Å². The maximum atomic E-state index is 12.8. The second kappa shape index (κ2) is 5.65. The SMILES string of the molecule is COCC(=O)Nc1nnc(-c2ccc(F)cc2)s1. The fourth-order valence-corrected chi connectivity index (χ4v) is 2.03. The van der Waals surface area contributed by atoms with Gasteiger partial charge in [0.25, 0.3) is 5.91 Å². The molecule has 0 saturated carbocycles. The van der Waals surface area contributed by atoms with E-state index in [-0.39, 0.29) is 18.3 Å². The number of hydrogen-bond donors (Lipinski definition) is 1. The Labute approximate surface area is 107 Å². The molecule has 0 saturated heterocycles. The average Bonchev–Trinajstić information content (AvgIpc) is 2.78. The number of carbonyl (C=O) groups excluding carboxylic acids is 1. The third-order valence-corrected chi connectivity index (χ3v) is 2.93. The highest BCUT2D eigenvalue weighted by Crippen LogP contribution is 2.26. The maximum Gasteiger partial charge on any atom is 0.252 e. The van der Waals surface area contributed by atoms with E-state index in [2.05, 4.69) is 20.3 Å². The third kappa shape index (κ3) is 3.08. The lowest BCUT2D eigenvalue weighted by Crippen LogP contribution is -2.16. The van der Waals surface area contributed by atoms with Crippen molar-refractivity contribution in [2.45, 2.75) is 0 Å². The van der Waals surface area contributed by atoms with Crippen LogP contribution in [0.5, 0.6) is 0 Å². The molecule has 1 aromatic carbocycles. The first-order chi connectivity index (χ1) is 8.69. The van der Waals surface area contributed by atoms with E-state index in [4.69, 9.17) is 0 Å². The summed E-state index contributed by atoms with van der Waals surface area (Å²) < 4.78 is 17.4. The van der Waals surface area contributed by atoms with E-state index in [1.165, 1.54) is 30.6 Å². The second-order valence-electron chi connectivity index (χ2n) is 3.40. The molecule has 2 rings (SSSR count). The molecule has 94 valence electrons. The molecule has 0 aliphatic heterocycles. The fraction of sp³-hybridized carbons (Fsp3) is 0.182. The number of ether oxygens (including phenoxy) is 1. The van der Waals surface area contributed by atoms with Gasteiger partial charge in [0.2, 0.25) is 5.13 Å². The minimum atomic E-state index is -0.308. The van der Waals surface area contributed by atoms with Crippen LogP contribution in [0, 0.1) is 5.82 Å². The first-order valence-electron chi connectivity index (χ1n) is 5.07. The molecule has 0 unspecified atom stereocenters. The van der Waals surface area contributed by atoms with Crippen molar-refractivity contribution in [2.24, 2.45) is 0 Å². The molecule has 0 aliphatic carbocycles. The third-order valence-electron chi connectivity index (χ3n) is 2.04. The van der Waals surface area contributed by atoms with E-state index in [1.807, 2.05) is 0 Å². The van der Waals surface area contributed by atoms with E-state index in [0.717, 1.165) is 5.56 Å². The molecule has 0 aliphatic rings. The molecule has 1 amide bonds. The summed E-state index contributed by atoms with van der Waals surface area (Å²) in [5, 5.41) is 11.3. The van der Waals surface area contributed by atoms with Gasteiger partial charge in [0.1, 0.15) is 17.4 Å². The largest absolute Gasteiger partial charge is 0.375 e. The molecule has 1 heterocycles. The fourth-order valence-electron chi connectivity index (χ4n) is 1.27. The van der Waals surface area contributed by atoms with Crippen molar-refractivity contribution in [1.29, 1.82) is 0 Å². The van der Waals surface area contributed by atoms with Gasteiger partial charge in [-0.05, 0) is 24.3 Å². The molecular formula is C11H10FN3O2S. The van der Waals surface area contributed by atoms with Gasteiger partial charge in [-0.1, -0.05) is 11.3 Å². The summed E-state index contributed by atoms with van der Waals surface area (Å²) in [7, 11) is 1.43. The number of halogens is 1. The topological polar surface area (TPSA) is 64.1 Å². The monoisotopic (exact) mass is 267 g/mol. The van der Waals surface area contributed by atoms with Gasteiger partial charge in [0.05, 0.1) is 0 Å². The van der Waals surface area contributed by atoms with Gasteiger partial charge in [-0.25, -0.2) is 4.39 Å². The second-order valence-corrected chi connectivity index (χ2v) is 4.38. The molecule has 1 aromatic heterocycles. The van der Waals surface area contributed by atoms with Crippen molar-refractivity contribution in [2.75, 3.05) is 19.0 Å². The highest BCUT2D eigenvalue weighted by molar-refractivity contribution is 7.18. The van der Waals surface area contributed by atoms with Crippen LogP contribution < -0.4 is 5.32 Å². The van der Waals surface area contributed by atoms with Crippen LogP contribution in [0.25, 0.3) is 10.6 Å². The Hall–Kier alpha value is -1.86. The number of nitrogens with zero attached hydrogens (tertiary/aromatic N) is 2. The molecule has 7 heteroatoms. The predicted molar refractivity (Wildman–Crippen MR) is 65.8 cm³/mol. The van der Waals surface area contributed by atoms with Crippen LogP contribution in [-0.4, -0.2) is 29.8 Å². The lowest BCUT2D eigenvalue weighted by Gasteiger charge is -1.97. The number of anilines is 1. The maximum absolute atomic E-state index is 12.8. The normalized spacial score (nSPS) is 10.3. The quantitative estimate of drug-likeness (QED) is 0.919. The number of rotatable bonds is 4. The van der Waals surface area contributed by atoms with Crippen LogP contribution in [0.3, 0.4) is 0 Å². The van der Waals surface area contributed by atoms with Gasteiger partial charge < -0.3 is 4.74 Å². The lowest BCUT2D eigenvalue weighted by atomic mass is 10.2. The van der Waals surface area contributed by atoms with Crippen LogP contribution in [0.15, 0.2) is 24.3 Å². The van der Waals surface area contributed by atoms with Crippen LogP contribution in [0.4, 0.5) is 9.52 Å². The zero-order chi connectivity index (χ0) is 13.0. The molecule has 5 nitrogen and oxygen atoms in total. The van der Waals surface area contributed by atoms with Gasteiger partial charge in [0.15, 0.2) is 0 Å². The van der Waals surface area contributed by atoms with Crippen LogP contribution >= 0.6 is 11.3 Å². The minimum Gasteiger partial charge on any atom is -0.375 e. The Morgan fingerprint density at radius 1 is 1.39 bits per heavy atom. The summed E-state index contributed by atoms with van der Waals surface area (Å²) in [6.45, 7) is -0.0362. The molecule has 0 radical (unpaired) electrons. The van der Waals surface area contributed by atoms with Crippen LogP contribution in [-0.2, 0) is 9.53 Å². The molecule has 0 atom stereocenters. The number of aromatic nitrogens is 2. The van der Waals surface area contributed by atoms with E-state index in [9.17, 15) is 9.18 Å². The molecule has 1 N–H and O–H groups in total. The van der Waals surface area contributed by atoms with Crippen molar-refractivity contribution < 1.29 is 13.9 Å². The van der Waals surface area contributed by atoms with Crippen molar-refractivity contribution >= 4 is 22.4 Å². The Bertz CT molecular complexity index is 541. The minimum absolute atomic E-state index is 0.0362. The van der Waals surface area contributed by atoms with E-state index in [0.29, 0.717) is 10.1 Å². The van der Waals surface area contributed by atoms with Gasteiger partial charge in [-0.2, -0.15) is 0 Å². The average molecular weight is 267 g/mol. The Morgan fingerprint density at radius 2 is 2.11 bits per heavy atom. The van der Waals surface area contributed by atoms with E-state index in [1.54, 1.807) is 12.1 Å². The van der Waals surface area contributed by atoms with Gasteiger partial charge in [0, 0.05) is 12.7 Å². The predicted octanol–water partition coefficient (Wildman–Crippen LogP) is 1.93. The summed E-state index contributed by atoms with van der Waals surface area (Å²) >= 11 is 1.21. The number of amides is 1. The highest BCUT2D eigenvalue weighted by atomic mass is 32.1. The zero-order valence-electron chi connectivity index (χ0n) is 9.51. The highest BCUT2D eigenvalue weighted by Gasteiger charge is 2.09. The molecule has 0 bridgehead atoms. The smallest absolute Gasteiger partial charge is 0.252 e. The Balaban J connectivity index is 2.10. The summed E-state index contributed by atoms with van der Waals surface area (Å²) in [6, 6.07) is 5.91. The number of nitrogens with one attached hydrogen (secondary N) is 1. The Morgan fingerprint density at radius 3 is 2.78 bits per heavy atom. The van der Waals surface area contributed by atoms with Gasteiger partial charge >= 0.3 is 0 Å². The number of benzene rings is 1. The molecular weight excluding hydrogens is 257 g/mol. The first kappa shape index (κ1) is 12.6. The van der Waals surface area contributed by atoms with Gasteiger partial charge in [-0.15, -0.1) is 10.2 Å². The van der Waals surface area contributed by atoms with E-state index >= 15 is 0 Å². The first-order valence-corrected chi connectivity index (χ1v) is 5.89. The van der Waals surface area contributed by atoms with E-state index < -0.39 is 0 Å². The number of carbonyl (C=O) groups is 1. The van der Waals surface area contributed by atoms with Crippen LogP contribution in [0.1, 0.15) is 0 Å². The molecule has 18 heavy (non-hydrogen) atoms. The molecule has 0 fully saturated rings.